The maximum absolute atomic E-state index is 12.4. The van der Waals surface area contributed by atoms with Crippen LogP contribution in [0.2, 0.25) is 0 Å². The Hall–Kier alpha value is -2.63. The van der Waals surface area contributed by atoms with Gasteiger partial charge in [0.15, 0.2) is 0 Å². The third kappa shape index (κ3) is 3.10. The highest BCUT2D eigenvalue weighted by molar-refractivity contribution is 5.60. The lowest BCUT2D eigenvalue weighted by molar-refractivity contribution is 0.641. The van der Waals surface area contributed by atoms with Gasteiger partial charge in [-0.15, -0.1) is 0 Å². The Labute approximate surface area is 122 Å². The van der Waals surface area contributed by atoms with E-state index in [1.165, 1.54) is 17.7 Å². The average Bonchev–Trinajstić information content (AvgIpc) is 2.44. The summed E-state index contributed by atoms with van der Waals surface area (Å²) in [6.07, 6.45) is 1.55. The predicted molar refractivity (Wildman–Crippen MR) is 83.9 cm³/mol. The molecule has 6 nitrogen and oxygen atoms in total. The summed E-state index contributed by atoms with van der Waals surface area (Å²) in [4.78, 5) is 30.1. The Morgan fingerprint density at radius 1 is 1.14 bits per heavy atom. The van der Waals surface area contributed by atoms with Crippen LogP contribution in [0.25, 0.3) is 5.69 Å². The van der Waals surface area contributed by atoms with E-state index in [0.29, 0.717) is 11.5 Å². The highest BCUT2D eigenvalue weighted by Crippen LogP contribution is 2.14. The molecule has 0 saturated heterocycles. The van der Waals surface area contributed by atoms with E-state index in [2.05, 4.69) is 4.99 Å². The SMILES string of the molecule is Cc1ccc(-n2c(/N=C\N(C)C)cc(=O)n(C)c2=O)cc1. The van der Waals surface area contributed by atoms with E-state index in [9.17, 15) is 9.59 Å². The van der Waals surface area contributed by atoms with Gasteiger partial charge in [0.2, 0.25) is 0 Å². The lowest BCUT2D eigenvalue weighted by Crippen LogP contribution is -2.36. The van der Waals surface area contributed by atoms with Gasteiger partial charge in [-0.05, 0) is 19.1 Å². The van der Waals surface area contributed by atoms with Crippen LogP contribution in [0.4, 0.5) is 5.82 Å². The molecule has 0 fully saturated rings. The highest BCUT2D eigenvalue weighted by Gasteiger charge is 2.10. The molecule has 110 valence electrons. The number of benzene rings is 1. The molecule has 0 spiro atoms. The van der Waals surface area contributed by atoms with Gasteiger partial charge in [-0.1, -0.05) is 17.7 Å². The van der Waals surface area contributed by atoms with Gasteiger partial charge >= 0.3 is 5.69 Å². The first-order valence-corrected chi connectivity index (χ1v) is 6.51. The maximum atomic E-state index is 12.4. The number of aromatic nitrogens is 2. The molecule has 0 radical (unpaired) electrons. The molecule has 6 heteroatoms. The van der Waals surface area contributed by atoms with Crippen molar-refractivity contribution in [1.82, 2.24) is 14.0 Å². The van der Waals surface area contributed by atoms with Gasteiger partial charge in [0.1, 0.15) is 5.82 Å². The van der Waals surface area contributed by atoms with Gasteiger partial charge in [-0.25, -0.2) is 14.4 Å². The number of hydrogen-bond donors (Lipinski definition) is 0. The molecule has 0 atom stereocenters. The first kappa shape index (κ1) is 14.8. The maximum Gasteiger partial charge on any atom is 0.337 e. The van der Waals surface area contributed by atoms with Gasteiger partial charge in [-0.2, -0.15) is 0 Å². The number of aryl methyl sites for hydroxylation is 1. The summed E-state index contributed by atoms with van der Waals surface area (Å²) in [6, 6.07) is 8.83. The first-order chi connectivity index (χ1) is 9.90. The summed E-state index contributed by atoms with van der Waals surface area (Å²) in [7, 11) is 5.09. The Bertz CT molecular complexity index is 783. The number of aliphatic imine (C=N–C) groups is 1. The van der Waals surface area contributed by atoms with Crippen LogP contribution in [0.3, 0.4) is 0 Å². The fraction of sp³-hybridized carbons (Fsp3) is 0.267. The smallest absolute Gasteiger partial charge is 0.337 e. The van der Waals surface area contributed by atoms with Crippen LogP contribution in [0, 0.1) is 6.92 Å². The van der Waals surface area contributed by atoms with E-state index >= 15 is 0 Å². The van der Waals surface area contributed by atoms with Gasteiger partial charge in [0.25, 0.3) is 5.56 Å². The third-order valence-corrected chi connectivity index (χ3v) is 3.00. The molecule has 1 aromatic heterocycles. The van der Waals surface area contributed by atoms with Crippen LogP contribution in [-0.4, -0.2) is 34.5 Å². The standard InChI is InChI=1S/C15H18N4O2/c1-11-5-7-12(8-6-11)19-13(16-10-17(2)3)9-14(20)18(4)15(19)21/h5-10H,1-4H3/b16-10-. The lowest BCUT2D eigenvalue weighted by Gasteiger charge is -2.12. The summed E-state index contributed by atoms with van der Waals surface area (Å²) >= 11 is 0. The van der Waals surface area contributed by atoms with E-state index in [4.69, 9.17) is 0 Å². The average molecular weight is 286 g/mol. The highest BCUT2D eigenvalue weighted by atomic mass is 16.2. The van der Waals surface area contributed by atoms with Gasteiger partial charge in [-0.3, -0.25) is 9.36 Å². The molecule has 0 amide bonds. The predicted octanol–water partition coefficient (Wildman–Crippen LogP) is 1.07. The Balaban J connectivity index is 2.73. The van der Waals surface area contributed by atoms with Gasteiger partial charge < -0.3 is 4.90 Å². The van der Waals surface area contributed by atoms with Crippen molar-refractivity contribution in [1.29, 1.82) is 0 Å². The Morgan fingerprint density at radius 2 is 1.76 bits per heavy atom. The van der Waals surface area contributed by atoms with E-state index in [0.717, 1.165) is 10.1 Å². The fourth-order valence-corrected chi connectivity index (χ4v) is 1.82. The summed E-state index contributed by atoms with van der Waals surface area (Å²) in [6.45, 7) is 1.97. The second-order valence-corrected chi connectivity index (χ2v) is 5.06. The summed E-state index contributed by atoms with van der Waals surface area (Å²) in [5.41, 5.74) is 0.966. The molecule has 1 heterocycles. The second-order valence-electron chi connectivity index (χ2n) is 5.06. The van der Waals surface area contributed by atoms with Crippen LogP contribution in [0.5, 0.6) is 0 Å². The van der Waals surface area contributed by atoms with Crippen molar-refractivity contribution in [2.45, 2.75) is 6.92 Å². The molecule has 0 aliphatic rings. The van der Waals surface area contributed by atoms with Crippen LogP contribution in [0.1, 0.15) is 5.56 Å². The van der Waals surface area contributed by atoms with Gasteiger partial charge in [0.05, 0.1) is 12.0 Å². The molecule has 2 rings (SSSR count). The van der Waals surface area contributed by atoms with Crippen LogP contribution in [0.15, 0.2) is 44.9 Å². The zero-order chi connectivity index (χ0) is 15.6. The fourth-order valence-electron chi connectivity index (χ4n) is 1.82. The molecule has 21 heavy (non-hydrogen) atoms. The van der Waals surface area contributed by atoms with Crippen molar-refractivity contribution in [3.63, 3.8) is 0 Å². The lowest BCUT2D eigenvalue weighted by atomic mass is 10.2. The van der Waals surface area contributed by atoms with E-state index < -0.39 is 5.69 Å². The van der Waals surface area contributed by atoms with Crippen molar-refractivity contribution in [2.75, 3.05) is 14.1 Å². The zero-order valence-electron chi connectivity index (χ0n) is 12.6. The molecular formula is C15H18N4O2. The van der Waals surface area contributed by atoms with Crippen molar-refractivity contribution < 1.29 is 0 Å². The number of rotatable bonds is 3. The Morgan fingerprint density at radius 3 is 2.33 bits per heavy atom. The number of hydrogen-bond acceptors (Lipinski definition) is 3. The van der Waals surface area contributed by atoms with E-state index in [-0.39, 0.29) is 5.56 Å². The van der Waals surface area contributed by atoms with Gasteiger partial charge in [0, 0.05) is 27.2 Å². The molecule has 0 aliphatic carbocycles. The molecule has 0 unspecified atom stereocenters. The van der Waals surface area contributed by atoms with Crippen molar-refractivity contribution in [3.05, 3.63) is 56.7 Å². The molecule has 2 aromatic rings. The minimum Gasteiger partial charge on any atom is -0.369 e. The quantitative estimate of drug-likeness (QED) is 0.626. The first-order valence-electron chi connectivity index (χ1n) is 6.51. The normalized spacial score (nSPS) is 11.0. The Kier molecular flexibility index (Phi) is 4.07. The van der Waals surface area contributed by atoms with Crippen molar-refractivity contribution >= 4 is 12.2 Å². The topological polar surface area (TPSA) is 59.6 Å². The van der Waals surface area contributed by atoms with Crippen LogP contribution >= 0.6 is 0 Å². The molecule has 0 aliphatic heterocycles. The molecule has 0 saturated carbocycles. The van der Waals surface area contributed by atoms with E-state index in [1.54, 1.807) is 11.2 Å². The molecule has 0 bridgehead atoms. The third-order valence-electron chi connectivity index (χ3n) is 3.00. The number of nitrogens with zero attached hydrogens (tertiary/aromatic N) is 4. The van der Waals surface area contributed by atoms with Crippen molar-refractivity contribution in [3.8, 4) is 5.69 Å². The molecule has 1 aromatic carbocycles. The minimum atomic E-state index is -0.419. The van der Waals surface area contributed by atoms with Crippen molar-refractivity contribution in [2.24, 2.45) is 12.0 Å². The molecular weight excluding hydrogens is 268 g/mol. The van der Waals surface area contributed by atoms with Crippen LogP contribution in [-0.2, 0) is 7.05 Å². The zero-order valence-corrected chi connectivity index (χ0v) is 12.6. The minimum absolute atomic E-state index is 0.306. The summed E-state index contributed by atoms with van der Waals surface area (Å²) < 4.78 is 2.48. The summed E-state index contributed by atoms with van der Waals surface area (Å²) in [5, 5.41) is 0. The molecule has 0 N–H and O–H groups in total. The largest absolute Gasteiger partial charge is 0.369 e. The second kappa shape index (κ2) is 5.78. The van der Waals surface area contributed by atoms with E-state index in [1.807, 2.05) is 45.3 Å². The monoisotopic (exact) mass is 286 g/mol. The van der Waals surface area contributed by atoms with Crippen LogP contribution < -0.4 is 11.2 Å². The summed E-state index contributed by atoms with van der Waals surface area (Å²) in [5.74, 6) is 0.306.